The van der Waals surface area contributed by atoms with Crippen LogP contribution in [0.3, 0.4) is 0 Å². The maximum absolute atomic E-state index is 6.60. The Bertz CT molecular complexity index is 1110. The van der Waals surface area contributed by atoms with E-state index in [0.29, 0.717) is 0 Å². The Labute approximate surface area is 180 Å². The number of hydrogen-bond donors (Lipinski definition) is 0. The van der Waals surface area contributed by atoms with Gasteiger partial charge < -0.3 is 9.31 Å². The molecule has 1 aliphatic carbocycles. The normalized spacial score (nSPS) is 20.1. The van der Waals surface area contributed by atoms with Crippen molar-refractivity contribution in [2.45, 2.75) is 58.2 Å². The van der Waals surface area contributed by atoms with Crippen LogP contribution in [0.5, 0.6) is 0 Å². The average Bonchev–Trinajstić information content (AvgIpc) is 3.08. The van der Waals surface area contributed by atoms with Gasteiger partial charge in [-0.05, 0) is 66.5 Å². The summed E-state index contributed by atoms with van der Waals surface area (Å²) in [6.07, 6.45) is 0. The van der Waals surface area contributed by atoms with Crippen LogP contribution in [0, 0.1) is 0 Å². The lowest BCUT2D eigenvalue weighted by molar-refractivity contribution is 0.00578. The fourth-order valence-corrected chi connectivity index (χ4v) is 4.90. The third-order valence-electron chi connectivity index (χ3n) is 7.36. The van der Waals surface area contributed by atoms with Crippen LogP contribution in [0.2, 0.25) is 0 Å². The second-order valence-corrected chi connectivity index (χ2v) is 10.1. The van der Waals surface area contributed by atoms with E-state index in [1.807, 2.05) is 0 Å². The fourth-order valence-electron chi connectivity index (χ4n) is 4.90. The molecule has 3 aromatic carbocycles. The van der Waals surface area contributed by atoms with Crippen LogP contribution in [0.15, 0.2) is 66.7 Å². The van der Waals surface area contributed by atoms with Gasteiger partial charge in [0.1, 0.15) is 0 Å². The molecule has 30 heavy (non-hydrogen) atoms. The lowest BCUT2D eigenvalue weighted by atomic mass is 9.69. The minimum atomic E-state index is -0.415. The number of fused-ring (bicyclic) bond motifs is 3. The van der Waals surface area contributed by atoms with Crippen molar-refractivity contribution in [3.63, 3.8) is 0 Å². The second kappa shape index (κ2) is 6.32. The minimum absolute atomic E-state index is 0.0560. The highest BCUT2D eigenvalue weighted by Gasteiger charge is 2.54. The van der Waals surface area contributed by atoms with Crippen molar-refractivity contribution in [3.05, 3.63) is 77.9 Å². The molecule has 0 unspecified atom stereocenters. The van der Waals surface area contributed by atoms with Gasteiger partial charge in [0, 0.05) is 5.41 Å². The Morgan fingerprint density at radius 3 is 1.87 bits per heavy atom. The third kappa shape index (κ3) is 2.65. The van der Waals surface area contributed by atoms with Crippen molar-refractivity contribution in [1.82, 2.24) is 0 Å². The van der Waals surface area contributed by atoms with Gasteiger partial charge in [0.15, 0.2) is 0 Å². The van der Waals surface area contributed by atoms with Crippen molar-refractivity contribution in [1.29, 1.82) is 0 Å². The first-order valence-electron chi connectivity index (χ1n) is 10.8. The largest absolute Gasteiger partial charge is 0.496 e. The van der Waals surface area contributed by atoms with Crippen molar-refractivity contribution >= 4 is 12.6 Å². The van der Waals surface area contributed by atoms with Crippen LogP contribution in [0.1, 0.15) is 52.7 Å². The van der Waals surface area contributed by atoms with Gasteiger partial charge in [0.25, 0.3) is 0 Å². The Hall–Kier alpha value is -2.36. The Morgan fingerprint density at radius 1 is 0.600 bits per heavy atom. The predicted molar refractivity (Wildman–Crippen MR) is 125 cm³/mol. The minimum Gasteiger partial charge on any atom is -0.399 e. The molecule has 152 valence electrons. The summed E-state index contributed by atoms with van der Waals surface area (Å²) in [4.78, 5) is 0. The molecule has 0 saturated carbocycles. The summed E-state index contributed by atoms with van der Waals surface area (Å²) in [5.74, 6) is 0. The SMILES string of the molecule is CC1(C)c2ccccc2-c2c1ccc(-c1ccccc1)c2B1OC(C)(C)C(C)(C)O1. The van der Waals surface area contributed by atoms with E-state index < -0.39 is 7.12 Å². The molecule has 0 N–H and O–H groups in total. The van der Waals surface area contributed by atoms with Gasteiger partial charge >= 0.3 is 7.12 Å². The van der Waals surface area contributed by atoms with E-state index >= 15 is 0 Å². The van der Waals surface area contributed by atoms with Crippen LogP contribution in [-0.4, -0.2) is 18.3 Å². The monoisotopic (exact) mass is 396 g/mol. The average molecular weight is 396 g/mol. The predicted octanol–water partition coefficient (Wildman–Crippen LogP) is 5.96. The maximum Gasteiger partial charge on any atom is 0.496 e. The van der Waals surface area contributed by atoms with Crippen LogP contribution in [0.4, 0.5) is 0 Å². The quantitative estimate of drug-likeness (QED) is 0.498. The van der Waals surface area contributed by atoms with E-state index in [4.69, 9.17) is 9.31 Å². The highest BCUT2D eigenvalue weighted by atomic mass is 16.7. The molecule has 1 aliphatic heterocycles. The molecule has 1 heterocycles. The smallest absolute Gasteiger partial charge is 0.399 e. The van der Waals surface area contributed by atoms with Crippen LogP contribution in [-0.2, 0) is 14.7 Å². The van der Waals surface area contributed by atoms with Crippen molar-refractivity contribution in [2.75, 3.05) is 0 Å². The lowest BCUT2D eigenvalue weighted by Crippen LogP contribution is -2.41. The molecular weight excluding hydrogens is 367 g/mol. The summed E-state index contributed by atoms with van der Waals surface area (Å²) in [5, 5.41) is 0. The Morgan fingerprint density at radius 2 is 1.20 bits per heavy atom. The highest BCUT2D eigenvalue weighted by molar-refractivity contribution is 6.66. The number of rotatable bonds is 2. The molecule has 5 rings (SSSR count). The van der Waals surface area contributed by atoms with E-state index in [0.717, 1.165) is 5.46 Å². The lowest BCUT2D eigenvalue weighted by Gasteiger charge is -2.32. The van der Waals surface area contributed by atoms with Crippen molar-refractivity contribution in [3.8, 4) is 22.3 Å². The summed E-state index contributed by atoms with van der Waals surface area (Å²) >= 11 is 0. The summed E-state index contributed by atoms with van der Waals surface area (Å²) in [6.45, 7) is 13.1. The zero-order chi connectivity index (χ0) is 21.3. The fraction of sp³-hybridized carbons (Fsp3) is 0.333. The molecule has 0 spiro atoms. The standard InChI is InChI=1S/C27H29BO2/c1-25(2)21-15-11-10-14-20(21)23-22(25)17-16-19(18-12-8-7-9-13-18)24(23)28-29-26(3,4)27(5,6)30-28/h7-17H,1-6H3. The van der Waals surface area contributed by atoms with Gasteiger partial charge in [0.2, 0.25) is 0 Å². The van der Waals surface area contributed by atoms with Gasteiger partial charge in [-0.15, -0.1) is 0 Å². The second-order valence-electron chi connectivity index (χ2n) is 10.1. The number of benzene rings is 3. The maximum atomic E-state index is 6.60. The Kier molecular flexibility index (Phi) is 4.13. The Balaban J connectivity index is 1.82. The van der Waals surface area contributed by atoms with Crippen molar-refractivity contribution < 1.29 is 9.31 Å². The molecule has 1 fully saturated rings. The summed E-state index contributed by atoms with van der Waals surface area (Å²) in [5.41, 5.74) is 7.96. The molecule has 1 saturated heterocycles. The van der Waals surface area contributed by atoms with E-state index in [1.165, 1.54) is 33.4 Å². The molecular formula is C27H29BO2. The van der Waals surface area contributed by atoms with Crippen LogP contribution >= 0.6 is 0 Å². The summed E-state index contributed by atoms with van der Waals surface area (Å²) < 4.78 is 13.2. The molecule has 2 nitrogen and oxygen atoms in total. The summed E-state index contributed by atoms with van der Waals surface area (Å²) in [7, 11) is -0.415. The molecule has 0 radical (unpaired) electrons. The topological polar surface area (TPSA) is 18.5 Å². The van der Waals surface area contributed by atoms with Crippen LogP contribution < -0.4 is 5.46 Å². The zero-order valence-electron chi connectivity index (χ0n) is 18.7. The first-order valence-corrected chi connectivity index (χ1v) is 10.8. The molecule has 3 heteroatoms. The van der Waals surface area contributed by atoms with Gasteiger partial charge in [-0.1, -0.05) is 80.6 Å². The molecule has 0 amide bonds. The zero-order valence-corrected chi connectivity index (χ0v) is 18.7. The van der Waals surface area contributed by atoms with Gasteiger partial charge in [-0.3, -0.25) is 0 Å². The third-order valence-corrected chi connectivity index (χ3v) is 7.36. The first-order chi connectivity index (χ1) is 14.1. The van der Waals surface area contributed by atoms with Gasteiger partial charge in [0.05, 0.1) is 11.2 Å². The van der Waals surface area contributed by atoms with Crippen molar-refractivity contribution in [2.24, 2.45) is 0 Å². The van der Waals surface area contributed by atoms with Gasteiger partial charge in [-0.25, -0.2) is 0 Å². The van der Waals surface area contributed by atoms with Crippen LogP contribution in [0.25, 0.3) is 22.3 Å². The molecule has 3 aromatic rings. The van der Waals surface area contributed by atoms with E-state index in [2.05, 4.69) is 108 Å². The summed E-state index contributed by atoms with van der Waals surface area (Å²) in [6, 6.07) is 23.9. The molecule has 0 atom stereocenters. The highest BCUT2D eigenvalue weighted by Crippen LogP contribution is 2.49. The first kappa shape index (κ1) is 19.6. The molecule has 0 aromatic heterocycles. The molecule has 0 bridgehead atoms. The number of hydrogen-bond acceptors (Lipinski definition) is 2. The van der Waals surface area contributed by atoms with E-state index in [-0.39, 0.29) is 16.6 Å². The molecule has 2 aliphatic rings. The van der Waals surface area contributed by atoms with E-state index in [9.17, 15) is 0 Å². The van der Waals surface area contributed by atoms with Gasteiger partial charge in [-0.2, -0.15) is 0 Å². The van der Waals surface area contributed by atoms with E-state index in [1.54, 1.807) is 0 Å².